The second-order valence-corrected chi connectivity index (χ2v) is 10.7. The van der Waals surface area contributed by atoms with E-state index in [1.807, 2.05) is 6.92 Å². The number of rotatable bonds is 4. The molecule has 0 amide bonds. The summed E-state index contributed by atoms with van der Waals surface area (Å²) in [5.41, 5.74) is 0.985. The van der Waals surface area contributed by atoms with Gasteiger partial charge in [0.1, 0.15) is 0 Å². The van der Waals surface area contributed by atoms with Crippen molar-refractivity contribution in [3.8, 4) is 5.25 Å². The Hall–Kier alpha value is -2.44. The van der Waals surface area contributed by atoms with Crippen LogP contribution in [0.2, 0.25) is 0 Å². The molecule has 0 fully saturated rings. The summed E-state index contributed by atoms with van der Waals surface area (Å²) >= 11 is 0. The molecule has 0 unspecified atom stereocenters. The van der Waals surface area contributed by atoms with Crippen molar-refractivity contribution in [1.29, 1.82) is 0 Å². The second kappa shape index (κ2) is 12.6. The molecular weight excluding hydrogens is 616 g/mol. The van der Waals surface area contributed by atoms with E-state index in [-0.39, 0.29) is 27.3 Å². The maximum atomic E-state index is 11.0. The topological polar surface area (TPSA) is 34.1 Å². The minimum Gasteiger partial charge on any atom is -0.676 e. The summed E-state index contributed by atoms with van der Waals surface area (Å²) < 4.78 is 22.0. The molecule has 5 heteroatoms. The average Bonchev–Trinajstić information content (AvgIpc) is 2.82. The molecule has 4 rings (SSSR count). The van der Waals surface area contributed by atoms with E-state index in [9.17, 15) is 8.42 Å². The smallest absolute Gasteiger partial charge is 0.676 e. The SMILES string of the molecule is [Au+].[C-]#CS(=O)(=O)c1ccc(C)cc1.c1ccc(P(c2ccccc2)c2ccccc2)cc1. The first-order valence-electron chi connectivity index (χ1n) is 9.72. The number of sulfone groups is 1. The van der Waals surface area contributed by atoms with Crippen LogP contribution in [0.4, 0.5) is 0 Å². The monoisotopic (exact) mass is 638 g/mol. The number of aryl methyl sites for hydroxylation is 1. The zero-order chi connectivity index (χ0) is 22.1. The number of benzene rings is 4. The van der Waals surface area contributed by atoms with Crippen molar-refractivity contribution in [2.45, 2.75) is 11.8 Å². The van der Waals surface area contributed by atoms with Gasteiger partial charge in [0.25, 0.3) is 0 Å². The Morgan fingerprint density at radius 1 is 0.625 bits per heavy atom. The van der Waals surface area contributed by atoms with Gasteiger partial charge in [-0.05, 0) is 42.9 Å². The average molecular weight is 638 g/mol. The molecule has 0 heterocycles. The van der Waals surface area contributed by atoms with E-state index < -0.39 is 17.8 Å². The summed E-state index contributed by atoms with van der Waals surface area (Å²) in [4.78, 5) is 0.114. The van der Waals surface area contributed by atoms with Gasteiger partial charge < -0.3 is 6.42 Å². The standard InChI is InChI=1S/C18H15P.C9H7O2S.Au/c1-4-10-16(11-5-1)19(17-12-6-2-7-13-17)18-14-8-3-9-15-18;1-3-12(10,11)9-6-4-8(2)5-7-9;/h1-15H;4-7H,2H3;/q;-1;+1. The molecule has 0 saturated heterocycles. The molecule has 0 aliphatic rings. The zero-order valence-corrected chi connectivity index (χ0v) is 21.3. The minimum atomic E-state index is -3.60. The van der Waals surface area contributed by atoms with Crippen LogP contribution in [0.25, 0.3) is 0 Å². The first kappa shape index (κ1) is 25.8. The first-order valence-corrected chi connectivity index (χ1v) is 12.5. The Morgan fingerprint density at radius 3 is 1.28 bits per heavy atom. The fraction of sp³-hybridized carbons (Fsp3) is 0.0370. The normalized spacial score (nSPS) is 10.3. The number of hydrogen-bond donors (Lipinski definition) is 0. The van der Waals surface area contributed by atoms with Crippen molar-refractivity contribution in [3.05, 3.63) is 127 Å². The van der Waals surface area contributed by atoms with Crippen LogP contribution in [-0.4, -0.2) is 8.42 Å². The summed E-state index contributed by atoms with van der Waals surface area (Å²) in [6, 6.07) is 38.6. The van der Waals surface area contributed by atoms with Gasteiger partial charge in [-0.3, -0.25) is 0 Å². The van der Waals surface area contributed by atoms with Crippen LogP contribution in [0.15, 0.2) is 120 Å². The van der Waals surface area contributed by atoms with E-state index >= 15 is 0 Å². The summed E-state index contributed by atoms with van der Waals surface area (Å²) in [6.45, 7) is 1.87. The summed E-state index contributed by atoms with van der Waals surface area (Å²) in [6.07, 6.45) is 6.56. The van der Waals surface area contributed by atoms with Gasteiger partial charge in [0.2, 0.25) is 9.84 Å². The largest absolute Gasteiger partial charge is 1.00 e. The van der Waals surface area contributed by atoms with Crippen LogP contribution >= 0.6 is 7.92 Å². The van der Waals surface area contributed by atoms with Crippen molar-refractivity contribution >= 4 is 33.7 Å². The van der Waals surface area contributed by atoms with E-state index in [1.165, 1.54) is 33.3 Å². The molecule has 32 heavy (non-hydrogen) atoms. The molecule has 4 aromatic rings. The van der Waals surface area contributed by atoms with Crippen LogP contribution in [-0.2, 0) is 32.2 Å². The van der Waals surface area contributed by atoms with Gasteiger partial charge in [-0.1, -0.05) is 109 Å². The van der Waals surface area contributed by atoms with Crippen LogP contribution in [0.1, 0.15) is 5.56 Å². The maximum Gasteiger partial charge on any atom is 1.00 e. The van der Waals surface area contributed by atoms with Crippen molar-refractivity contribution in [2.24, 2.45) is 0 Å². The Kier molecular flexibility index (Phi) is 10.1. The molecule has 0 bridgehead atoms. The zero-order valence-electron chi connectivity index (χ0n) is 17.4. The van der Waals surface area contributed by atoms with Gasteiger partial charge in [-0.2, -0.15) is 0 Å². The van der Waals surface area contributed by atoms with Crippen LogP contribution in [0.5, 0.6) is 0 Å². The molecular formula is C27H22AuO2PS. The predicted molar refractivity (Wildman–Crippen MR) is 131 cm³/mol. The predicted octanol–water partition coefficient (Wildman–Crippen LogP) is 4.76. The molecule has 2 nitrogen and oxygen atoms in total. The van der Waals surface area contributed by atoms with Gasteiger partial charge in [0.05, 0.1) is 4.90 Å². The molecule has 164 valence electrons. The minimum absolute atomic E-state index is 0. The van der Waals surface area contributed by atoms with Crippen LogP contribution < -0.4 is 15.9 Å². The second-order valence-electron chi connectivity index (χ2n) is 6.76. The first-order chi connectivity index (χ1) is 15.0. The molecule has 0 N–H and O–H groups in total. The molecule has 0 aliphatic carbocycles. The third-order valence-electron chi connectivity index (χ3n) is 4.51. The Labute approximate surface area is 207 Å². The molecule has 0 saturated carbocycles. The van der Waals surface area contributed by atoms with Gasteiger partial charge in [-0.25, -0.2) is 13.7 Å². The summed E-state index contributed by atoms with van der Waals surface area (Å²) in [7, 11) is -4.04. The Bertz CT molecular complexity index is 1140. The summed E-state index contributed by atoms with van der Waals surface area (Å²) in [5, 5.41) is 5.69. The molecule has 0 aliphatic heterocycles. The quantitative estimate of drug-likeness (QED) is 0.140. The summed E-state index contributed by atoms with van der Waals surface area (Å²) in [5.74, 6) is 0. The van der Waals surface area contributed by atoms with Crippen molar-refractivity contribution in [3.63, 3.8) is 0 Å². The van der Waals surface area contributed by atoms with Crippen LogP contribution in [0, 0.1) is 18.6 Å². The third kappa shape index (κ3) is 7.04. The Balaban J connectivity index is 0.000000244. The molecule has 0 atom stereocenters. The van der Waals surface area contributed by atoms with Gasteiger partial charge in [0, 0.05) is 0 Å². The van der Waals surface area contributed by atoms with E-state index in [0.29, 0.717) is 0 Å². The number of hydrogen-bond acceptors (Lipinski definition) is 2. The van der Waals surface area contributed by atoms with Crippen molar-refractivity contribution in [2.75, 3.05) is 0 Å². The van der Waals surface area contributed by atoms with Crippen LogP contribution in [0.3, 0.4) is 0 Å². The Morgan fingerprint density at radius 2 is 0.969 bits per heavy atom. The molecule has 0 aromatic heterocycles. The molecule has 0 radical (unpaired) electrons. The maximum absolute atomic E-state index is 11.0. The molecule has 0 spiro atoms. The molecule has 4 aromatic carbocycles. The van der Waals surface area contributed by atoms with Gasteiger partial charge >= 0.3 is 22.4 Å². The third-order valence-corrected chi connectivity index (χ3v) is 8.11. The van der Waals surface area contributed by atoms with E-state index in [0.717, 1.165) is 5.56 Å². The fourth-order valence-corrected chi connectivity index (χ4v) is 5.87. The fourth-order valence-electron chi connectivity index (χ4n) is 2.95. The van der Waals surface area contributed by atoms with E-state index in [1.54, 1.807) is 12.1 Å². The van der Waals surface area contributed by atoms with Gasteiger partial charge in [-0.15, -0.1) is 0 Å². The van der Waals surface area contributed by atoms with Crippen molar-refractivity contribution < 1.29 is 30.8 Å². The van der Waals surface area contributed by atoms with E-state index in [2.05, 4.69) is 91.0 Å². The van der Waals surface area contributed by atoms with Gasteiger partial charge in [0.15, 0.2) is 0 Å². The van der Waals surface area contributed by atoms with Crippen molar-refractivity contribution in [1.82, 2.24) is 0 Å². The van der Waals surface area contributed by atoms with E-state index in [4.69, 9.17) is 6.42 Å².